The summed E-state index contributed by atoms with van der Waals surface area (Å²) in [5.74, 6) is 0. The lowest BCUT2D eigenvalue weighted by molar-refractivity contribution is -0.104. The SMILES string of the molecule is C=C(C)CCCCCN(C)C(=C)/C=C\C=O. The van der Waals surface area contributed by atoms with Gasteiger partial charge in [0.1, 0.15) is 6.29 Å². The van der Waals surface area contributed by atoms with Gasteiger partial charge >= 0.3 is 0 Å². The van der Waals surface area contributed by atoms with Crippen LogP contribution >= 0.6 is 0 Å². The van der Waals surface area contributed by atoms with Crippen LogP contribution in [-0.2, 0) is 4.79 Å². The Morgan fingerprint density at radius 1 is 1.25 bits per heavy atom. The molecule has 0 amide bonds. The van der Waals surface area contributed by atoms with E-state index in [9.17, 15) is 4.79 Å². The number of aldehydes is 1. The topological polar surface area (TPSA) is 20.3 Å². The molecule has 0 aliphatic carbocycles. The predicted molar refractivity (Wildman–Crippen MR) is 70.3 cm³/mol. The van der Waals surface area contributed by atoms with Crippen molar-refractivity contribution in [1.82, 2.24) is 4.90 Å². The van der Waals surface area contributed by atoms with Gasteiger partial charge in [0.2, 0.25) is 0 Å². The number of hydrogen-bond acceptors (Lipinski definition) is 2. The van der Waals surface area contributed by atoms with E-state index in [1.165, 1.54) is 24.5 Å². The van der Waals surface area contributed by atoms with E-state index < -0.39 is 0 Å². The summed E-state index contributed by atoms with van der Waals surface area (Å²) >= 11 is 0. The molecular formula is C14H23NO. The van der Waals surface area contributed by atoms with E-state index in [0.29, 0.717) is 0 Å². The number of hydrogen-bond donors (Lipinski definition) is 0. The fourth-order valence-corrected chi connectivity index (χ4v) is 1.37. The van der Waals surface area contributed by atoms with E-state index >= 15 is 0 Å². The molecule has 2 heteroatoms. The van der Waals surface area contributed by atoms with Crippen LogP contribution in [0.1, 0.15) is 32.6 Å². The number of nitrogens with zero attached hydrogens (tertiary/aromatic N) is 1. The molecule has 0 fully saturated rings. The summed E-state index contributed by atoms with van der Waals surface area (Å²) in [4.78, 5) is 12.2. The Hall–Kier alpha value is -1.31. The van der Waals surface area contributed by atoms with Crippen LogP contribution in [0.25, 0.3) is 0 Å². The Morgan fingerprint density at radius 3 is 2.50 bits per heavy atom. The first-order valence-corrected chi connectivity index (χ1v) is 5.74. The second-order valence-corrected chi connectivity index (χ2v) is 4.18. The van der Waals surface area contributed by atoms with Crippen molar-refractivity contribution in [3.63, 3.8) is 0 Å². The highest BCUT2D eigenvalue weighted by atomic mass is 16.1. The van der Waals surface area contributed by atoms with E-state index in [4.69, 9.17) is 0 Å². The molecule has 0 aliphatic heterocycles. The quantitative estimate of drug-likeness (QED) is 0.196. The Kier molecular flexibility index (Phi) is 8.22. The predicted octanol–water partition coefficient (Wildman–Crippen LogP) is 3.32. The number of rotatable bonds is 9. The first kappa shape index (κ1) is 14.7. The molecule has 0 spiro atoms. The maximum atomic E-state index is 10.1. The van der Waals surface area contributed by atoms with Gasteiger partial charge in [-0.2, -0.15) is 0 Å². The van der Waals surface area contributed by atoms with Gasteiger partial charge < -0.3 is 4.90 Å². The molecule has 0 bridgehead atoms. The second-order valence-electron chi connectivity index (χ2n) is 4.18. The third kappa shape index (κ3) is 8.04. The van der Waals surface area contributed by atoms with E-state index in [2.05, 4.69) is 25.0 Å². The largest absolute Gasteiger partial charge is 0.375 e. The Balaban J connectivity index is 3.60. The Labute approximate surface area is 99.3 Å². The van der Waals surface area contributed by atoms with Gasteiger partial charge in [0.15, 0.2) is 0 Å². The lowest BCUT2D eigenvalue weighted by Gasteiger charge is -2.18. The average Bonchev–Trinajstić information content (AvgIpc) is 2.24. The van der Waals surface area contributed by atoms with Crippen LogP contribution in [0.15, 0.2) is 36.6 Å². The number of unbranched alkanes of at least 4 members (excludes halogenated alkanes) is 2. The highest BCUT2D eigenvalue weighted by molar-refractivity contribution is 5.65. The molecule has 0 atom stereocenters. The maximum absolute atomic E-state index is 10.1. The summed E-state index contributed by atoms with van der Waals surface area (Å²) < 4.78 is 0. The highest BCUT2D eigenvalue weighted by Gasteiger charge is 1.98. The van der Waals surface area contributed by atoms with Crippen LogP contribution < -0.4 is 0 Å². The minimum atomic E-state index is 0.770. The summed E-state index contributed by atoms with van der Waals surface area (Å²) in [7, 11) is 2.00. The minimum absolute atomic E-state index is 0.770. The summed E-state index contributed by atoms with van der Waals surface area (Å²) in [6.45, 7) is 10.8. The standard InChI is InChI=1S/C14H23NO/c1-13(2)9-6-5-7-11-15(4)14(3)10-8-12-16/h8,10,12H,1,3,5-7,9,11H2,2,4H3/b10-8-. The van der Waals surface area contributed by atoms with E-state index in [0.717, 1.165) is 31.4 Å². The molecule has 0 aromatic heterocycles. The zero-order chi connectivity index (χ0) is 12.4. The van der Waals surface area contributed by atoms with Crippen molar-refractivity contribution in [2.45, 2.75) is 32.6 Å². The highest BCUT2D eigenvalue weighted by Crippen LogP contribution is 2.08. The molecule has 0 saturated carbocycles. The zero-order valence-electron chi connectivity index (χ0n) is 10.5. The van der Waals surface area contributed by atoms with Crippen LogP contribution in [0.4, 0.5) is 0 Å². The average molecular weight is 221 g/mol. The molecule has 0 heterocycles. The molecule has 0 aromatic rings. The van der Waals surface area contributed by atoms with Crippen LogP contribution in [0.5, 0.6) is 0 Å². The van der Waals surface area contributed by atoms with Crippen LogP contribution in [0.3, 0.4) is 0 Å². The van der Waals surface area contributed by atoms with E-state index in [-0.39, 0.29) is 0 Å². The van der Waals surface area contributed by atoms with Crippen LogP contribution in [-0.4, -0.2) is 24.8 Å². The van der Waals surface area contributed by atoms with Gasteiger partial charge in [-0.05, 0) is 38.3 Å². The summed E-state index contributed by atoms with van der Waals surface area (Å²) in [5.41, 5.74) is 2.14. The molecule has 0 aromatic carbocycles. The molecule has 0 rings (SSSR count). The van der Waals surface area contributed by atoms with E-state index in [1.54, 1.807) is 6.08 Å². The molecule has 0 N–H and O–H groups in total. The third-order valence-corrected chi connectivity index (χ3v) is 2.45. The van der Waals surface area contributed by atoms with Crippen LogP contribution in [0, 0.1) is 0 Å². The molecule has 0 saturated heterocycles. The van der Waals surface area contributed by atoms with E-state index in [1.807, 2.05) is 7.05 Å². The molecule has 90 valence electrons. The van der Waals surface area contributed by atoms with Gasteiger partial charge in [-0.1, -0.05) is 18.6 Å². The van der Waals surface area contributed by atoms with Crippen molar-refractivity contribution in [2.24, 2.45) is 0 Å². The molecule has 0 radical (unpaired) electrons. The van der Waals surface area contributed by atoms with Crippen molar-refractivity contribution in [2.75, 3.05) is 13.6 Å². The third-order valence-electron chi connectivity index (χ3n) is 2.45. The number of likely N-dealkylation sites (N-methyl/N-ethyl adjacent to an activating group) is 1. The fraction of sp³-hybridized carbons (Fsp3) is 0.500. The zero-order valence-corrected chi connectivity index (χ0v) is 10.5. The molecular weight excluding hydrogens is 198 g/mol. The molecule has 16 heavy (non-hydrogen) atoms. The first-order chi connectivity index (χ1) is 7.57. The van der Waals surface area contributed by atoms with Crippen molar-refractivity contribution in [3.8, 4) is 0 Å². The smallest absolute Gasteiger partial charge is 0.142 e. The molecule has 0 aliphatic rings. The normalized spacial score (nSPS) is 10.4. The Morgan fingerprint density at radius 2 is 1.94 bits per heavy atom. The molecule has 0 unspecified atom stereocenters. The fourth-order valence-electron chi connectivity index (χ4n) is 1.37. The van der Waals surface area contributed by atoms with Gasteiger partial charge in [0.25, 0.3) is 0 Å². The van der Waals surface area contributed by atoms with Crippen molar-refractivity contribution >= 4 is 6.29 Å². The number of allylic oxidation sites excluding steroid dienone is 3. The van der Waals surface area contributed by atoms with Gasteiger partial charge in [-0.25, -0.2) is 0 Å². The van der Waals surface area contributed by atoms with Gasteiger partial charge in [0.05, 0.1) is 0 Å². The monoisotopic (exact) mass is 221 g/mol. The van der Waals surface area contributed by atoms with Gasteiger partial charge in [-0.3, -0.25) is 4.79 Å². The van der Waals surface area contributed by atoms with Crippen molar-refractivity contribution < 1.29 is 4.79 Å². The number of carbonyl (C=O) groups is 1. The molecule has 2 nitrogen and oxygen atoms in total. The summed E-state index contributed by atoms with van der Waals surface area (Å²) in [6, 6.07) is 0. The summed E-state index contributed by atoms with van der Waals surface area (Å²) in [6.07, 6.45) is 8.67. The minimum Gasteiger partial charge on any atom is -0.375 e. The maximum Gasteiger partial charge on any atom is 0.142 e. The van der Waals surface area contributed by atoms with Crippen LogP contribution in [0.2, 0.25) is 0 Å². The number of carbonyl (C=O) groups excluding carboxylic acids is 1. The van der Waals surface area contributed by atoms with Crippen molar-refractivity contribution in [1.29, 1.82) is 0 Å². The summed E-state index contributed by atoms with van der Waals surface area (Å²) in [5, 5.41) is 0. The first-order valence-electron chi connectivity index (χ1n) is 5.74. The second kappa shape index (κ2) is 8.96. The van der Waals surface area contributed by atoms with Gasteiger partial charge in [0, 0.05) is 19.3 Å². The lowest BCUT2D eigenvalue weighted by atomic mass is 10.1. The Bertz CT molecular complexity index is 266. The van der Waals surface area contributed by atoms with Crippen molar-refractivity contribution in [3.05, 3.63) is 36.6 Å². The lowest BCUT2D eigenvalue weighted by Crippen LogP contribution is -2.17. The van der Waals surface area contributed by atoms with Gasteiger partial charge in [-0.15, -0.1) is 6.58 Å².